The highest BCUT2D eigenvalue weighted by atomic mass is 16.2. The number of aryl methyl sites for hydroxylation is 2. The van der Waals surface area contributed by atoms with Crippen molar-refractivity contribution in [3.05, 3.63) is 47.3 Å². The Morgan fingerprint density at radius 2 is 2.28 bits per heavy atom. The van der Waals surface area contributed by atoms with Crippen LogP contribution in [0.5, 0.6) is 0 Å². The summed E-state index contributed by atoms with van der Waals surface area (Å²) in [6, 6.07) is 7.97. The number of aromatic nitrogens is 2. The van der Waals surface area contributed by atoms with Gasteiger partial charge >= 0.3 is 0 Å². The zero-order chi connectivity index (χ0) is 12.5. The fourth-order valence-corrected chi connectivity index (χ4v) is 2.46. The lowest BCUT2D eigenvalue weighted by atomic mass is 9.99. The van der Waals surface area contributed by atoms with E-state index in [4.69, 9.17) is 0 Å². The molecule has 0 saturated carbocycles. The molecule has 1 aromatic carbocycles. The summed E-state index contributed by atoms with van der Waals surface area (Å²) in [6.07, 6.45) is 3.66. The van der Waals surface area contributed by atoms with Crippen LogP contribution in [0.25, 0.3) is 0 Å². The second-order valence-electron chi connectivity index (χ2n) is 4.66. The molecule has 0 spiro atoms. The lowest BCUT2D eigenvalue weighted by molar-refractivity contribution is 0.0980. The number of anilines is 1. The van der Waals surface area contributed by atoms with Crippen molar-refractivity contribution in [2.24, 2.45) is 0 Å². The van der Waals surface area contributed by atoms with Gasteiger partial charge in [-0.25, -0.2) is 0 Å². The molecular formula is C14H15N3O. The molecule has 0 fully saturated rings. The van der Waals surface area contributed by atoms with Gasteiger partial charge in [0.2, 0.25) is 0 Å². The average Bonchev–Trinajstić information content (AvgIpc) is 2.90. The van der Waals surface area contributed by atoms with Gasteiger partial charge in [-0.2, -0.15) is 5.10 Å². The van der Waals surface area contributed by atoms with Gasteiger partial charge in [0.1, 0.15) is 5.69 Å². The minimum atomic E-state index is -0.00250. The van der Waals surface area contributed by atoms with Crippen molar-refractivity contribution in [3.8, 4) is 0 Å². The Morgan fingerprint density at radius 1 is 1.39 bits per heavy atom. The molecule has 0 bridgehead atoms. The van der Waals surface area contributed by atoms with Crippen LogP contribution in [-0.4, -0.2) is 22.6 Å². The maximum Gasteiger partial charge on any atom is 0.276 e. The molecule has 3 rings (SSSR count). The Kier molecular flexibility index (Phi) is 2.63. The van der Waals surface area contributed by atoms with E-state index in [9.17, 15) is 4.79 Å². The molecule has 0 atom stereocenters. The van der Waals surface area contributed by atoms with Crippen LogP contribution in [0.2, 0.25) is 0 Å². The fourth-order valence-electron chi connectivity index (χ4n) is 2.46. The summed E-state index contributed by atoms with van der Waals surface area (Å²) in [5.41, 5.74) is 4.08. The van der Waals surface area contributed by atoms with Gasteiger partial charge in [0, 0.05) is 18.4 Å². The third-order valence-corrected chi connectivity index (χ3v) is 3.33. The molecule has 2 heterocycles. The number of carbonyl (C=O) groups excluding carboxylic acids is 1. The molecule has 1 amide bonds. The SMILES string of the molecule is Cc1ccc2c(c1)CCCN2C(=O)c1ccn[nH]1. The number of H-pyrrole nitrogens is 1. The van der Waals surface area contributed by atoms with Gasteiger partial charge in [-0.3, -0.25) is 9.89 Å². The van der Waals surface area contributed by atoms with Gasteiger partial charge in [0.25, 0.3) is 5.91 Å². The maximum atomic E-state index is 12.4. The molecule has 1 aromatic heterocycles. The van der Waals surface area contributed by atoms with Crippen LogP contribution in [0, 0.1) is 6.92 Å². The second-order valence-corrected chi connectivity index (χ2v) is 4.66. The van der Waals surface area contributed by atoms with E-state index in [2.05, 4.69) is 29.3 Å². The highest BCUT2D eigenvalue weighted by Gasteiger charge is 2.24. The first kappa shape index (κ1) is 11.0. The van der Waals surface area contributed by atoms with Crippen LogP contribution in [0.15, 0.2) is 30.5 Å². The van der Waals surface area contributed by atoms with E-state index >= 15 is 0 Å². The molecule has 4 heteroatoms. The van der Waals surface area contributed by atoms with E-state index in [1.165, 1.54) is 11.1 Å². The molecule has 2 aromatic rings. The van der Waals surface area contributed by atoms with Crippen molar-refractivity contribution < 1.29 is 4.79 Å². The van der Waals surface area contributed by atoms with E-state index in [0.29, 0.717) is 5.69 Å². The zero-order valence-electron chi connectivity index (χ0n) is 10.3. The first-order valence-corrected chi connectivity index (χ1v) is 6.16. The molecule has 0 saturated heterocycles. The fraction of sp³-hybridized carbons (Fsp3) is 0.286. The van der Waals surface area contributed by atoms with Gasteiger partial charge in [0.15, 0.2) is 0 Å². The molecule has 1 aliphatic heterocycles. The monoisotopic (exact) mass is 241 g/mol. The molecule has 92 valence electrons. The molecule has 0 unspecified atom stereocenters. The largest absolute Gasteiger partial charge is 0.307 e. The van der Waals surface area contributed by atoms with E-state index < -0.39 is 0 Å². The number of nitrogens with zero attached hydrogens (tertiary/aromatic N) is 2. The van der Waals surface area contributed by atoms with Crippen LogP contribution < -0.4 is 4.90 Å². The van der Waals surface area contributed by atoms with Crippen LogP contribution in [-0.2, 0) is 6.42 Å². The standard InChI is InChI=1S/C14H15N3O/c1-10-4-5-13-11(9-10)3-2-8-17(13)14(18)12-6-7-15-16-12/h4-7,9H,2-3,8H2,1H3,(H,15,16). The van der Waals surface area contributed by atoms with Gasteiger partial charge in [-0.1, -0.05) is 17.7 Å². The number of amides is 1. The normalized spacial score (nSPS) is 14.4. The molecule has 0 radical (unpaired) electrons. The second kappa shape index (κ2) is 4.29. The van der Waals surface area contributed by atoms with E-state index in [1.54, 1.807) is 12.3 Å². The van der Waals surface area contributed by atoms with Crippen molar-refractivity contribution in [1.82, 2.24) is 10.2 Å². The number of fused-ring (bicyclic) bond motifs is 1. The Morgan fingerprint density at radius 3 is 3.06 bits per heavy atom. The predicted octanol–water partition coefficient (Wildman–Crippen LogP) is 2.31. The number of hydrogen-bond acceptors (Lipinski definition) is 2. The zero-order valence-corrected chi connectivity index (χ0v) is 10.3. The van der Waals surface area contributed by atoms with Gasteiger partial charge < -0.3 is 4.90 Å². The quantitative estimate of drug-likeness (QED) is 0.833. The lowest BCUT2D eigenvalue weighted by Gasteiger charge is -2.29. The molecule has 4 nitrogen and oxygen atoms in total. The number of benzene rings is 1. The van der Waals surface area contributed by atoms with Crippen LogP contribution in [0.4, 0.5) is 5.69 Å². The lowest BCUT2D eigenvalue weighted by Crippen LogP contribution is -2.35. The summed E-state index contributed by atoms with van der Waals surface area (Å²) in [4.78, 5) is 14.2. The molecule has 1 N–H and O–H groups in total. The highest BCUT2D eigenvalue weighted by Crippen LogP contribution is 2.28. The molecule has 0 aliphatic carbocycles. The van der Waals surface area contributed by atoms with Gasteiger partial charge in [0.05, 0.1) is 0 Å². The minimum absolute atomic E-state index is 0.00250. The van der Waals surface area contributed by atoms with Crippen LogP contribution in [0.1, 0.15) is 28.0 Å². The van der Waals surface area contributed by atoms with Gasteiger partial charge in [-0.05, 0) is 37.5 Å². The molecular weight excluding hydrogens is 226 g/mol. The van der Waals surface area contributed by atoms with Crippen molar-refractivity contribution >= 4 is 11.6 Å². The third-order valence-electron chi connectivity index (χ3n) is 3.33. The van der Waals surface area contributed by atoms with Crippen LogP contribution >= 0.6 is 0 Å². The molecule has 18 heavy (non-hydrogen) atoms. The Balaban J connectivity index is 1.99. The van der Waals surface area contributed by atoms with Crippen molar-refractivity contribution in [3.63, 3.8) is 0 Å². The maximum absolute atomic E-state index is 12.4. The minimum Gasteiger partial charge on any atom is -0.307 e. The smallest absolute Gasteiger partial charge is 0.276 e. The number of nitrogens with one attached hydrogen (secondary N) is 1. The molecule has 1 aliphatic rings. The number of hydrogen-bond donors (Lipinski definition) is 1. The predicted molar refractivity (Wildman–Crippen MR) is 69.8 cm³/mol. The number of carbonyl (C=O) groups is 1. The van der Waals surface area contributed by atoms with Crippen molar-refractivity contribution in [1.29, 1.82) is 0 Å². The van der Waals surface area contributed by atoms with E-state index in [1.807, 2.05) is 11.0 Å². The van der Waals surface area contributed by atoms with E-state index in [0.717, 1.165) is 25.1 Å². The number of rotatable bonds is 1. The summed E-state index contributed by atoms with van der Waals surface area (Å²) in [5, 5.41) is 6.57. The summed E-state index contributed by atoms with van der Waals surface area (Å²) in [7, 11) is 0. The Labute approximate surface area is 106 Å². The van der Waals surface area contributed by atoms with E-state index in [-0.39, 0.29) is 5.91 Å². The average molecular weight is 241 g/mol. The topological polar surface area (TPSA) is 49.0 Å². The summed E-state index contributed by atoms with van der Waals surface area (Å²) in [6.45, 7) is 2.85. The summed E-state index contributed by atoms with van der Waals surface area (Å²) in [5.74, 6) is -0.00250. The summed E-state index contributed by atoms with van der Waals surface area (Å²) < 4.78 is 0. The Bertz CT molecular complexity index is 575. The van der Waals surface area contributed by atoms with Crippen molar-refractivity contribution in [2.75, 3.05) is 11.4 Å². The first-order chi connectivity index (χ1) is 8.75. The van der Waals surface area contributed by atoms with Crippen molar-refractivity contribution in [2.45, 2.75) is 19.8 Å². The first-order valence-electron chi connectivity index (χ1n) is 6.16. The third kappa shape index (κ3) is 1.79. The Hall–Kier alpha value is -2.10. The highest BCUT2D eigenvalue weighted by molar-refractivity contribution is 6.05. The number of aromatic amines is 1. The summed E-state index contributed by atoms with van der Waals surface area (Å²) >= 11 is 0. The van der Waals surface area contributed by atoms with Crippen LogP contribution in [0.3, 0.4) is 0 Å². The van der Waals surface area contributed by atoms with Gasteiger partial charge in [-0.15, -0.1) is 0 Å².